The Morgan fingerprint density at radius 2 is 1.79 bits per heavy atom. The number of carbonyl (C=O) groups is 1. The summed E-state index contributed by atoms with van der Waals surface area (Å²) in [7, 11) is -3.68. The third-order valence-electron chi connectivity index (χ3n) is 3.31. The van der Waals surface area contributed by atoms with Gasteiger partial charge in [0.15, 0.2) is 5.78 Å². The first kappa shape index (κ1) is 18.2. The number of Topliss-reactive ketones (excluding diaryl/α,β-unsaturated/α-hetero) is 1. The molecule has 0 spiro atoms. The molecule has 2 aromatic rings. The molecule has 0 bridgehead atoms. The number of carbonyl (C=O) groups excluding carboxylic acids is 1. The van der Waals surface area contributed by atoms with Crippen molar-refractivity contribution in [3.8, 4) is 5.75 Å². The summed E-state index contributed by atoms with van der Waals surface area (Å²) in [6, 6.07) is 13.2. The maximum absolute atomic E-state index is 12.3. The molecule has 2 rings (SSSR count). The molecule has 0 heterocycles. The van der Waals surface area contributed by atoms with Gasteiger partial charge in [0.2, 0.25) is 10.0 Å². The number of hydrogen-bond donors (Lipinski definition) is 1. The van der Waals surface area contributed by atoms with Crippen molar-refractivity contribution in [2.24, 2.45) is 0 Å². The van der Waals surface area contributed by atoms with E-state index in [2.05, 4.69) is 4.72 Å². The van der Waals surface area contributed by atoms with Crippen molar-refractivity contribution in [2.75, 3.05) is 0 Å². The first-order valence-electron chi connectivity index (χ1n) is 7.64. The summed E-state index contributed by atoms with van der Waals surface area (Å²) >= 11 is 0. The fraction of sp³-hybridized carbons (Fsp3) is 0.278. The van der Waals surface area contributed by atoms with E-state index in [4.69, 9.17) is 4.74 Å². The SMILES string of the molecule is CC(=O)c1cccc(S(=O)(=O)NCc2ccc(OC(C)C)cc2)c1. The average Bonchev–Trinajstić information content (AvgIpc) is 2.54. The second-order valence-electron chi connectivity index (χ2n) is 5.72. The van der Waals surface area contributed by atoms with E-state index in [1.165, 1.54) is 19.1 Å². The lowest BCUT2D eigenvalue weighted by molar-refractivity contribution is 0.101. The van der Waals surface area contributed by atoms with Gasteiger partial charge in [0, 0.05) is 12.1 Å². The molecule has 6 heteroatoms. The van der Waals surface area contributed by atoms with E-state index in [-0.39, 0.29) is 23.3 Å². The van der Waals surface area contributed by atoms with E-state index in [0.29, 0.717) is 5.56 Å². The summed E-state index contributed by atoms with van der Waals surface area (Å²) in [5.74, 6) is 0.568. The quantitative estimate of drug-likeness (QED) is 0.781. The van der Waals surface area contributed by atoms with Gasteiger partial charge in [-0.3, -0.25) is 4.79 Å². The van der Waals surface area contributed by atoms with Gasteiger partial charge in [-0.2, -0.15) is 0 Å². The molecule has 1 N–H and O–H groups in total. The number of ether oxygens (including phenoxy) is 1. The summed E-state index contributed by atoms with van der Waals surface area (Å²) in [5, 5.41) is 0. The van der Waals surface area contributed by atoms with Crippen LogP contribution < -0.4 is 9.46 Å². The van der Waals surface area contributed by atoms with E-state index in [0.717, 1.165) is 11.3 Å². The van der Waals surface area contributed by atoms with E-state index in [1.807, 2.05) is 26.0 Å². The Bertz CT molecular complexity index is 811. The van der Waals surface area contributed by atoms with Crippen LogP contribution in [0.3, 0.4) is 0 Å². The van der Waals surface area contributed by atoms with Crippen molar-refractivity contribution in [3.05, 3.63) is 59.7 Å². The Labute approximate surface area is 142 Å². The predicted octanol–water partition coefficient (Wildman–Crippen LogP) is 3.15. The highest BCUT2D eigenvalue weighted by atomic mass is 32.2. The number of nitrogens with one attached hydrogen (secondary N) is 1. The molecule has 0 saturated carbocycles. The third-order valence-corrected chi connectivity index (χ3v) is 4.71. The second-order valence-corrected chi connectivity index (χ2v) is 7.49. The molecule has 0 unspecified atom stereocenters. The first-order valence-corrected chi connectivity index (χ1v) is 9.12. The molecule has 0 fully saturated rings. The lowest BCUT2D eigenvalue weighted by atomic mass is 10.2. The van der Waals surface area contributed by atoms with Crippen LogP contribution in [0.25, 0.3) is 0 Å². The highest BCUT2D eigenvalue weighted by molar-refractivity contribution is 7.89. The van der Waals surface area contributed by atoms with Gasteiger partial charge in [-0.1, -0.05) is 24.3 Å². The van der Waals surface area contributed by atoms with Crippen LogP contribution in [0.1, 0.15) is 36.7 Å². The van der Waals surface area contributed by atoms with Crippen LogP contribution >= 0.6 is 0 Å². The molecular weight excluding hydrogens is 326 g/mol. The van der Waals surface area contributed by atoms with Crippen LogP contribution in [0.15, 0.2) is 53.4 Å². The molecule has 0 radical (unpaired) electrons. The van der Waals surface area contributed by atoms with Gasteiger partial charge in [0.1, 0.15) is 5.75 Å². The van der Waals surface area contributed by atoms with Gasteiger partial charge in [-0.05, 0) is 50.6 Å². The Kier molecular flexibility index (Phi) is 5.75. The minimum Gasteiger partial charge on any atom is -0.491 e. The minimum atomic E-state index is -3.68. The van der Waals surface area contributed by atoms with Gasteiger partial charge < -0.3 is 4.74 Å². The largest absolute Gasteiger partial charge is 0.491 e. The smallest absolute Gasteiger partial charge is 0.240 e. The molecule has 2 aromatic carbocycles. The van der Waals surface area contributed by atoms with Gasteiger partial charge >= 0.3 is 0 Å². The van der Waals surface area contributed by atoms with Crippen LogP contribution in [-0.4, -0.2) is 20.3 Å². The highest BCUT2D eigenvalue weighted by Crippen LogP contribution is 2.15. The number of hydrogen-bond acceptors (Lipinski definition) is 4. The molecule has 0 atom stereocenters. The topological polar surface area (TPSA) is 72.5 Å². The van der Waals surface area contributed by atoms with Gasteiger partial charge in [0.05, 0.1) is 11.0 Å². The molecule has 0 aliphatic heterocycles. The molecule has 128 valence electrons. The monoisotopic (exact) mass is 347 g/mol. The number of rotatable bonds is 7. The maximum atomic E-state index is 12.3. The summed E-state index contributed by atoms with van der Waals surface area (Å²) in [5.41, 5.74) is 1.19. The number of sulfonamides is 1. The maximum Gasteiger partial charge on any atom is 0.240 e. The fourth-order valence-electron chi connectivity index (χ4n) is 2.10. The van der Waals surface area contributed by atoms with Crippen LogP contribution in [-0.2, 0) is 16.6 Å². The van der Waals surface area contributed by atoms with Crippen molar-refractivity contribution in [3.63, 3.8) is 0 Å². The van der Waals surface area contributed by atoms with Crippen LogP contribution in [0, 0.1) is 0 Å². The summed E-state index contributed by atoms with van der Waals surface area (Å²) in [6.45, 7) is 5.45. The van der Waals surface area contributed by atoms with Crippen molar-refractivity contribution < 1.29 is 17.9 Å². The van der Waals surface area contributed by atoms with Crippen LogP contribution in [0.5, 0.6) is 5.75 Å². The average molecular weight is 347 g/mol. The first-order chi connectivity index (χ1) is 11.3. The molecule has 0 aliphatic rings. The van der Waals surface area contributed by atoms with E-state index >= 15 is 0 Å². The van der Waals surface area contributed by atoms with Crippen molar-refractivity contribution in [2.45, 2.75) is 38.3 Å². The molecular formula is C18H21NO4S. The Morgan fingerprint density at radius 3 is 2.38 bits per heavy atom. The zero-order chi connectivity index (χ0) is 17.7. The molecule has 5 nitrogen and oxygen atoms in total. The number of benzene rings is 2. The standard InChI is InChI=1S/C18H21NO4S/c1-13(2)23-17-9-7-15(8-10-17)12-19-24(21,22)18-6-4-5-16(11-18)14(3)20/h4-11,13,19H,12H2,1-3H3. The molecule has 0 aromatic heterocycles. The molecule has 0 amide bonds. The molecule has 24 heavy (non-hydrogen) atoms. The van der Waals surface area contributed by atoms with Gasteiger partial charge in [-0.25, -0.2) is 13.1 Å². The minimum absolute atomic E-state index is 0.0787. The van der Waals surface area contributed by atoms with Crippen LogP contribution in [0.4, 0.5) is 0 Å². The highest BCUT2D eigenvalue weighted by Gasteiger charge is 2.15. The zero-order valence-corrected chi connectivity index (χ0v) is 14.8. The van der Waals surface area contributed by atoms with Crippen molar-refractivity contribution >= 4 is 15.8 Å². The fourth-order valence-corrected chi connectivity index (χ4v) is 3.17. The Balaban J connectivity index is 2.07. The van der Waals surface area contributed by atoms with Gasteiger partial charge in [0.25, 0.3) is 0 Å². The van der Waals surface area contributed by atoms with E-state index in [9.17, 15) is 13.2 Å². The third kappa shape index (κ3) is 4.91. The Morgan fingerprint density at radius 1 is 1.12 bits per heavy atom. The summed E-state index contributed by atoms with van der Waals surface area (Å²) in [6.07, 6.45) is 0.0860. The number of ketones is 1. The summed E-state index contributed by atoms with van der Waals surface area (Å²) < 4.78 is 32.8. The predicted molar refractivity (Wildman–Crippen MR) is 92.7 cm³/mol. The second kappa shape index (κ2) is 7.59. The van der Waals surface area contributed by atoms with Crippen LogP contribution in [0.2, 0.25) is 0 Å². The molecule has 0 aliphatic carbocycles. The lowest BCUT2D eigenvalue weighted by Gasteiger charge is -2.11. The lowest BCUT2D eigenvalue weighted by Crippen LogP contribution is -2.23. The van der Waals surface area contributed by atoms with E-state index < -0.39 is 10.0 Å². The molecule has 0 saturated heterocycles. The summed E-state index contributed by atoms with van der Waals surface area (Å²) in [4.78, 5) is 11.5. The normalized spacial score (nSPS) is 11.5. The Hall–Kier alpha value is -2.18. The van der Waals surface area contributed by atoms with Gasteiger partial charge in [-0.15, -0.1) is 0 Å². The van der Waals surface area contributed by atoms with Crippen molar-refractivity contribution in [1.82, 2.24) is 4.72 Å². The van der Waals surface area contributed by atoms with Crippen molar-refractivity contribution in [1.29, 1.82) is 0 Å². The zero-order valence-electron chi connectivity index (χ0n) is 13.9. The van der Waals surface area contributed by atoms with E-state index in [1.54, 1.807) is 24.3 Å².